The van der Waals surface area contributed by atoms with E-state index in [2.05, 4.69) is 39.2 Å². The van der Waals surface area contributed by atoms with Gasteiger partial charge in [-0.05, 0) is 19.8 Å². The van der Waals surface area contributed by atoms with Gasteiger partial charge in [0, 0.05) is 46.0 Å². The highest BCUT2D eigenvalue weighted by atomic mass is 16.5. The molecular formula is C17H22N6O2. The van der Waals surface area contributed by atoms with Crippen LogP contribution in [0.1, 0.15) is 25.7 Å². The van der Waals surface area contributed by atoms with Crippen LogP contribution in [0.25, 0.3) is 22.5 Å². The first kappa shape index (κ1) is 16.0. The van der Waals surface area contributed by atoms with Crippen molar-refractivity contribution in [2.75, 3.05) is 25.2 Å². The van der Waals surface area contributed by atoms with Crippen molar-refractivity contribution in [2.45, 2.75) is 39.3 Å². The lowest BCUT2D eigenvalue weighted by Crippen LogP contribution is -2.37. The highest BCUT2D eigenvalue weighted by Crippen LogP contribution is 2.37. The highest BCUT2D eigenvalue weighted by Gasteiger charge is 2.26. The summed E-state index contributed by atoms with van der Waals surface area (Å²) in [6, 6.07) is 0.395. The van der Waals surface area contributed by atoms with Crippen LogP contribution in [-0.2, 0) is 11.3 Å². The summed E-state index contributed by atoms with van der Waals surface area (Å²) in [6.45, 7) is 6.19. The largest absolute Gasteiger partial charge is 0.421 e. The monoisotopic (exact) mass is 342 g/mol. The van der Waals surface area contributed by atoms with E-state index < -0.39 is 0 Å². The molecule has 0 amide bonds. The fraction of sp³-hybridized carbons (Fsp3) is 0.529. The van der Waals surface area contributed by atoms with E-state index in [0.717, 1.165) is 54.9 Å². The van der Waals surface area contributed by atoms with E-state index in [0.29, 0.717) is 17.8 Å². The Morgan fingerprint density at radius 3 is 2.72 bits per heavy atom. The summed E-state index contributed by atoms with van der Waals surface area (Å²) in [7, 11) is 2.11. The first-order valence-corrected chi connectivity index (χ1v) is 8.64. The van der Waals surface area contributed by atoms with Crippen molar-refractivity contribution in [2.24, 2.45) is 0 Å². The maximum absolute atomic E-state index is 5.69. The van der Waals surface area contributed by atoms with Crippen LogP contribution in [0.4, 0.5) is 5.69 Å². The molecule has 0 unspecified atom stereocenters. The van der Waals surface area contributed by atoms with E-state index in [1.54, 1.807) is 6.92 Å². The van der Waals surface area contributed by atoms with Gasteiger partial charge in [-0.1, -0.05) is 0 Å². The van der Waals surface area contributed by atoms with Gasteiger partial charge in [-0.2, -0.15) is 5.10 Å². The molecule has 0 aliphatic carbocycles. The molecule has 0 atom stereocenters. The molecule has 4 heterocycles. The van der Waals surface area contributed by atoms with E-state index in [9.17, 15) is 0 Å². The Balaban J connectivity index is 1.89. The third-order valence-electron chi connectivity index (χ3n) is 4.79. The van der Waals surface area contributed by atoms with Gasteiger partial charge in [-0.25, -0.2) is 9.67 Å². The predicted molar refractivity (Wildman–Crippen MR) is 93.5 cm³/mol. The van der Waals surface area contributed by atoms with Crippen molar-refractivity contribution >= 4 is 16.7 Å². The molecule has 1 aliphatic rings. The summed E-state index contributed by atoms with van der Waals surface area (Å²) < 4.78 is 13.1. The van der Waals surface area contributed by atoms with Crippen molar-refractivity contribution in [1.82, 2.24) is 25.0 Å². The van der Waals surface area contributed by atoms with E-state index in [4.69, 9.17) is 9.15 Å². The fourth-order valence-electron chi connectivity index (χ4n) is 3.44. The van der Waals surface area contributed by atoms with Crippen LogP contribution >= 0.6 is 0 Å². The zero-order valence-corrected chi connectivity index (χ0v) is 14.8. The molecule has 3 aromatic heterocycles. The first-order valence-electron chi connectivity index (χ1n) is 8.64. The van der Waals surface area contributed by atoms with Crippen LogP contribution in [0.2, 0.25) is 0 Å². The van der Waals surface area contributed by atoms with Gasteiger partial charge in [0.25, 0.3) is 5.89 Å². The second-order valence-electron chi connectivity index (χ2n) is 6.30. The Bertz CT molecular complexity index is 881. The van der Waals surface area contributed by atoms with Crippen LogP contribution in [0.5, 0.6) is 0 Å². The van der Waals surface area contributed by atoms with E-state index >= 15 is 0 Å². The molecule has 0 radical (unpaired) electrons. The van der Waals surface area contributed by atoms with Crippen molar-refractivity contribution in [3.05, 3.63) is 18.3 Å². The summed E-state index contributed by atoms with van der Waals surface area (Å²) in [6.07, 6.45) is 5.67. The summed E-state index contributed by atoms with van der Waals surface area (Å²) in [5.41, 5.74) is 2.76. The molecule has 132 valence electrons. The van der Waals surface area contributed by atoms with Crippen molar-refractivity contribution in [1.29, 1.82) is 0 Å². The molecule has 0 spiro atoms. The lowest BCUT2D eigenvalue weighted by Gasteiger charge is -2.34. The number of aromatic nitrogens is 5. The molecule has 0 bridgehead atoms. The molecule has 0 aromatic carbocycles. The zero-order chi connectivity index (χ0) is 17.4. The number of pyridine rings is 1. The summed E-state index contributed by atoms with van der Waals surface area (Å²) in [5, 5.41) is 13.7. The molecular weight excluding hydrogens is 320 g/mol. The van der Waals surface area contributed by atoms with Crippen LogP contribution in [-0.4, -0.2) is 51.3 Å². The lowest BCUT2D eigenvalue weighted by atomic mass is 10.0. The molecule has 1 fully saturated rings. The predicted octanol–water partition coefficient (Wildman–Crippen LogP) is 2.42. The molecule has 4 rings (SSSR count). The van der Waals surface area contributed by atoms with Crippen molar-refractivity contribution < 1.29 is 9.15 Å². The zero-order valence-electron chi connectivity index (χ0n) is 14.8. The van der Waals surface area contributed by atoms with Crippen molar-refractivity contribution in [3.8, 4) is 11.5 Å². The first-order chi connectivity index (χ1) is 12.2. The van der Waals surface area contributed by atoms with Crippen LogP contribution in [0, 0.1) is 6.92 Å². The minimum Gasteiger partial charge on any atom is -0.421 e. The lowest BCUT2D eigenvalue weighted by molar-refractivity contribution is 0.0855. The smallest absolute Gasteiger partial charge is 0.251 e. The molecule has 1 aliphatic heterocycles. The minimum atomic E-state index is 0.395. The molecule has 8 heteroatoms. The molecule has 3 aromatic rings. The molecule has 25 heavy (non-hydrogen) atoms. The average molecular weight is 342 g/mol. The second-order valence-corrected chi connectivity index (χ2v) is 6.30. The number of aryl methyl sites for hydroxylation is 2. The summed E-state index contributed by atoms with van der Waals surface area (Å²) in [4.78, 5) is 6.90. The molecule has 1 saturated heterocycles. The second kappa shape index (κ2) is 6.44. The van der Waals surface area contributed by atoms with Gasteiger partial charge in [0.1, 0.15) is 0 Å². The number of rotatable bonds is 4. The number of nitrogens with zero attached hydrogens (tertiary/aromatic N) is 6. The number of fused-ring (bicyclic) bond motifs is 1. The topological polar surface area (TPSA) is 82.1 Å². The molecule has 8 nitrogen and oxygen atoms in total. The summed E-state index contributed by atoms with van der Waals surface area (Å²) in [5.74, 6) is 1.03. The van der Waals surface area contributed by atoms with Crippen LogP contribution < -0.4 is 4.90 Å². The molecule has 0 N–H and O–H groups in total. The third kappa shape index (κ3) is 2.76. The standard InChI is InChI=1S/C17H22N6O2/c1-4-23-16-13(10-19-23)15(22(3)12-5-7-24-8-6-12)14(9-18-16)17-21-20-11(2)25-17/h9-10,12H,4-8H2,1-3H3. The normalized spacial score (nSPS) is 15.8. The quantitative estimate of drug-likeness (QED) is 0.720. The Labute approximate surface area is 145 Å². The maximum Gasteiger partial charge on any atom is 0.251 e. The Morgan fingerprint density at radius 2 is 2.04 bits per heavy atom. The van der Waals surface area contributed by atoms with Crippen LogP contribution in [0.15, 0.2) is 16.8 Å². The SMILES string of the molecule is CCn1ncc2c(N(C)C3CCOCC3)c(-c3nnc(C)o3)cnc21. The number of anilines is 1. The van der Waals surface area contributed by atoms with Gasteiger partial charge < -0.3 is 14.1 Å². The Kier molecular flexibility index (Phi) is 4.12. The maximum atomic E-state index is 5.69. The fourth-order valence-corrected chi connectivity index (χ4v) is 3.44. The Hall–Kier alpha value is -2.48. The Morgan fingerprint density at radius 1 is 1.24 bits per heavy atom. The van der Waals surface area contributed by atoms with E-state index in [1.807, 2.05) is 17.1 Å². The number of hydrogen-bond donors (Lipinski definition) is 0. The summed E-state index contributed by atoms with van der Waals surface area (Å²) >= 11 is 0. The van der Waals surface area contributed by atoms with E-state index in [1.165, 1.54) is 0 Å². The average Bonchev–Trinajstić information content (AvgIpc) is 3.26. The van der Waals surface area contributed by atoms with Crippen molar-refractivity contribution in [3.63, 3.8) is 0 Å². The van der Waals surface area contributed by atoms with Gasteiger partial charge in [0.15, 0.2) is 5.65 Å². The van der Waals surface area contributed by atoms with Gasteiger partial charge in [-0.15, -0.1) is 10.2 Å². The third-order valence-corrected chi connectivity index (χ3v) is 4.79. The molecule has 0 saturated carbocycles. The van der Waals surface area contributed by atoms with Crippen LogP contribution in [0.3, 0.4) is 0 Å². The van der Waals surface area contributed by atoms with E-state index in [-0.39, 0.29) is 0 Å². The van der Waals surface area contributed by atoms with Gasteiger partial charge >= 0.3 is 0 Å². The highest BCUT2D eigenvalue weighted by molar-refractivity contribution is 5.97. The van der Waals surface area contributed by atoms with Gasteiger partial charge in [-0.3, -0.25) is 0 Å². The minimum absolute atomic E-state index is 0.395. The number of ether oxygens (including phenoxy) is 1. The van der Waals surface area contributed by atoms with Gasteiger partial charge in [0.05, 0.1) is 22.8 Å². The number of hydrogen-bond acceptors (Lipinski definition) is 7. The van der Waals surface area contributed by atoms with Gasteiger partial charge in [0.2, 0.25) is 5.89 Å².